The van der Waals surface area contributed by atoms with Gasteiger partial charge in [-0.05, 0) is 44.0 Å². The van der Waals surface area contributed by atoms with Crippen molar-refractivity contribution in [2.24, 2.45) is 5.41 Å². The van der Waals surface area contributed by atoms with Crippen LogP contribution in [0.5, 0.6) is 0 Å². The fourth-order valence-electron chi connectivity index (χ4n) is 3.96. The Kier molecular flexibility index (Phi) is 5.84. The Morgan fingerprint density at radius 2 is 1.80 bits per heavy atom. The monoisotopic (exact) mass is 405 g/mol. The summed E-state index contributed by atoms with van der Waals surface area (Å²) in [7, 11) is 1.80. The molecule has 3 rings (SSSR count). The number of nitrogens with zero attached hydrogens (tertiary/aromatic N) is 3. The number of aryl methyl sites for hydroxylation is 2. The first-order chi connectivity index (χ1) is 14.1. The molecule has 0 saturated carbocycles. The van der Waals surface area contributed by atoms with Gasteiger partial charge in [0.2, 0.25) is 5.91 Å². The lowest BCUT2D eigenvalue weighted by molar-refractivity contribution is -0.140. The maximum atomic E-state index is 13.6. The summed E-state index contributed by atoms with van der Waals surface area (Å²) in [4.78, 5) is 33.3. The van der Waals surface area contributed by atoms with Crippen LogP contribution in [0, 0.1) is 19.3 Å². The average Bonchev–Trinajstić information content (AvgIpc) is 2.68. The van der Waals surface area contributed by atoms with Crippen LogP contribution >= 0.6 is 0 Å². The minimum atomic E-state index is -0.524. The van der Waals surface area contributed by atoms with Gasteiger partial charge >= 0.3 is 0 Å². The van der Waals surface area contributed by atoms with Gasteiger partial charge in [0, 0.05) is 12.5 Å². The van der Waals surface area contributed by atoms with Crippen molar-refractivity contribution in [1.82, 2.24) is 14.5 Å². The van der Waals surface area contributed by atoms with Crippen LogP contribution in [0.1, 0.15) is 57.1 Å². The molecule has 1 aromatic heterocycles. The van der Waals surface area contributed by atoms with Gasteiger partial charge in [0.05, 0.1) is 22.6 Å². The van der Waals surface area contributed by atoms with Crippen molar-refractivity contribution in [3.05, 3.63) is 69.8 Å². The number of rotatable bonds is 4. The van der Waals surface area contributed by atoms with Gasteiger partial charge in [0.15, 0.2) is 0 Å². The first kappa shape index (κ1) is 21.8. The van der Waals surface area contributed by atoms with Crippen molar-refractivity contribution in [3.63, 3.8) is 0 Å². The molecule has 0 spiro atoms. The fourth-order valence-corrected chi connectivity index (χ4v) is 3.96. The standard InChI is InChI=1S/C25H31N3O2/c1-8-20(27(7)24(30)25(4,5)6)22-26-19-12-10-9-11-18(19)23(29)28(22)21-14-13-16(2)15-17(21)3/h9-15,20H,8H2,1-7H3. The molecule has 1 atom stereocenters. The van der Waals surface area contributed by atoms with Crippen LogP contribution < -0.4 is 5.56 Å². The number of carbonyl (C=O) groups excluding carboxylic acids is 1. The predicted molar refractivity (Wildman–Crippen MR) is 122 cm³/mol. The summed E-state index contributed by atoms with van der Waals surface area (Å²) < 4.78 is 1.69. The summed E-state index contributed by atoms with van der Waals surface area (Å²) in [5.41, 5.74) is 2.94. The molecule has 1 amide bonds. The number of aromatic nitrogens is 2. The van der Waals surface area contributed by atoms with E-state index in [1.54, 1.807) is 22.6 Å². The van der Waals surface area contributed by atoms with Crippen LogP contribution in [-0.4, -0.2) is 27.4 Å². The Hall–Kier alpha value is -2.95. The highest BCUT2D eigenvalue weighted by molar-refractivity contribution is 5.82. The van der Waals surface area contributed by atoms with Crippen LogP contribution in [-0.2, 0) is 4.79 Å². The summed E-state index contributed by atoms with van der Waals surface area (Å²) >= 11 is 0. The second-order valence-corrected chi connectivity index (χ2v) is 9.01. The van der Waals surface area contributed by atoms with Gasteiger partial charge < -0.3 is 4.90 Å². The van der Waals surface area contributed by atoms with Crippen molar-refractivity contribution in [2.45, 2.75) is 54.0 Å². The molecule has 158 valence electrons. The summed E-state index contributed by atoms with van der Waals surface area (Å²) in [5, 5.41) is 0.570. The molecule has 0 saturated heterocycles. The molecule has 30 heavy (non-hydrogen) atoms. The van der Waals surface area contributed by atoms with Crippen LogP contribution in [0.2, 0.25) is 0 Å². The zero-order valence-corrected chi connectivity index (χ0v) is 19.0. The van der Waals surface area contributed by atoms with Crippen LogP contribution in [0.25, 0.3) is 16.6 Å². The smallest absolute Gasteiger partial charge is 0.266 e. The average molecular weight is 406 g/mol. The summed E-state index contributed by atoms with van der Waals surface area (Å²) in [6.45, 7) is 11.8. The Morgan fingerprint density at radius 1 is 1.13 bits per heavy atom. The van der Waals surface area contributed by atoms with E-state index in [1.165, 1.54) is 0 Å². The summed E-state index contributed by atoms with van der Waals surface area (Å²) in [5.74, 6) is 0.609. The highest BCUT2D eigenvalue weighted by Crippen LogP contribution is 2.29. The van der Waals surface area contributed by atoms with Gasteiger partial charge in [0.25, 0.3) is 5.56 Å². The van der Waals surface area contributed by atoms with E-state index in [1.807, 2.05) is 71.9 Å². The maximum Gasteiger partial charge on any atom is 0.266 e. The lowest BCUT2D eigenvalue weighted by Gasteiger charge is -2.33. The molecule has 0 aliphatic heterocycles. The van der Waals surface area contributed by atoms with E-state index in [0.29, 0.717) is 23.1 Å². The summed E-state index contributed by atoms with van der Waals surface area (Å²) in [6.07, 6.45) is 0.647. The zero-order chi connectivity index (χ0) is 22.2. The molecule has 5 nitrogen and oxygen atoms in total. The van der Waals surface area contributed by atoms with E-state index < -0.39 is 5.41 Å². The number of hydrogen-bond donors (Lipinski definition) is 0. The van der Waals surface area contributed by atoms with Crippen molar-refractivity contribution in [3.8, 4) is 5.69 Å². The number of carbonyl (C=O) groups is 1. The Labute approximate surface area is 178 Å². The van der Waals surface area contributed by atoms with Gasteiger partial charge in [-0.25, -0.2) is 4.98 Å². The number of benzene rings is 2. The second kappa shape index (κ2) is 8.05. The first-order valence-corrected chi connectivity index (χ1v) is 10.4. The third-order valence-electron chi connectivity index (χ3n) is 5.51. The number of hydrogen-bond acceptors (Lipinski definition) is 3. The lowest BCUT2D eigenvalue weighted by atomic mass is 9.93. The van der Waals surface area contributed by atoms with Gasteiger partial charge in [-0.3, -0.25) is 14.2 Å². The maximum absolute atomic E-state index is 13.6. The molecule has 0 radical (unpaired) electrons. The third kappa shape index (κ3) is 3.89. The molecule has 0 aliphatic rings. The topological polar surface area (TPSA) is 55.2 Å². The molecule has 2 aromatic carbocycles. The van der Waals surface area contributed by atoms with Crippen molar-refractivity contribution < 1.29 is 4.79 Å². The third-order valence-corrected chi connectivity index (χ3v) is 5.51. The number of fused-ring (bicyclic) bond motifs is 1. The quantitative estimate of drug-likeness (QED) is 0.617. The second-order valence-electron chi connectivity index (χ2n) is 9.01. The first-order valence-electron chi connectivity index (χ1n) is 10.4. The Balaban J connectivity index is 2.34. The van der Waals surface area contributed by atoms with E-state index in [0.717, 1.165) is 16.8 Å². The van der Waals surface area contributed by atoms with Crippen LogP contribution in [0.4, 0.5) is 0 Å². The molecule has 0 bridgehead atoms. The predicted octanol–water partition coefficient (Wildman–Crippen LogP) is 4.96. The van der Waals surface area contributed by atoms with E-state index in [-0.39, 0.29) is 17.5 Å². The van der Waals surface area contributed by atoms with E-state index in [4.69, 9.17) is 4.98 Å². The van der Waals surface area contributed by atoms with Crippen molar-refractivity contribution in [2.75, 3.05) is 7.05 Å². The SMILES string of the molecule is CCC(c1nc2ccccc2c(=O)n1-c1ccc(C)cc1C)N(C)C(=O)C(C)(C)C. The number of para-hydroxylation sites is 1. The van der Waals surface area contributed by atoms with Crippen molar-refractivity contribution in [1.29, 1.82) is 0 Å². The van der Waals surface area contributed by atoms with Crippen LogP contribution in [0.3, 0.4) is 0 Å². The minimum absolute atomic E-state index is 0.0175. The minimum Gasteiger partial charge on any atom is -0.335 e. The highest BCUT2D eigenvalue weighted by atomic mass is 16.2. The lowest BCUT2D eigenvalue weighted by Crippen LogP contribution is -2.41. The Bertz CT molecular complexity index is 1160. The van der Waals surface area contributed by atoms with E-state index in [9.17, 15) is 9.59 Å². The largest absolute Gasteiger partial charge is 0.335 e. The highest BCUT2D eigenvalue weighted by Gasteiger charge is 2.32. The van der Waals surface area contributed by atoms with Crippen LogP contribution in [0.15, 0.2) is 47.3 Å². The molecule has 0 fully saturated rings. The van der Waals surface area contributed by atoms with Crippen molar-refractivity contribution >= 4 is 16.8 Å². The van der Waals surface area contributed by atoms with Gasteiger partial charge in [0.1, 0.15) is 5.82 Å². The Morgan fingerprint density at radius 3 is 2.40 bits per heavy atom. The molecule has 0 aliphatic carbocycles. The molecular formula is C25H31N3O2. The molecular weight excluding hydrogens is 374 g/mol. The normalized spacial score (nSPS) is 12.8. The van der Waals surface area contributed by atoms with Gasteiger partial charge in [-0.2, -0.15) is 0 Å². The van der Waals surface area contributed by atoms with E-state index in [2.05, 4.69) is 6.07 Å². The van der Waals surface area contributed by atoms with Gasteiger partial charge in [-0.15, -0.1) is 0 Å². The number of amides is 1. The van der Waals surface area contributed by atoms with E-state index >= 15 is 0 Å². The molecule has 3 aromatic rings. The molecule has 0 N–H and O–H groups in total. The van der Waals surface area contributed by atoms with Gasteiger partial charge in [-0.1, -0.05) is 57.5 Å². The molecule has 1 heterocycles. The summed E-state index contributed by atoms with van der Waals surface area (Å²) in [6, 6.07) is 13.1. The molecule has 1 unspecified atom stereocenters. The zero-order valence-electron chi connectivity index (χ0n) is 19.0. The molecule has 5 heteroatoms. The fraction of sp³-hybridized carbons (Fsp3) is 0.400.